The number of halogens is 3. The average Bonchev–Trinajstić information content (AvgIpc) is 1.58. The lowest BCUT2D eigenvalue weighted by Gasteiger charge is -2.38. The van der Waals surface area contributed by atoms with Crippen molar-refractivity contribution in [2.24, 2.45) is 17.4 Å². The monoisotopic (exact) mass is 1880 g/mol. The Kier molecular flexibility index (Phi) is 37.5. The number of aromatic nitrogens is 1. The number of fused-ring (bicyclic) bond motifs is 3. The number of rotatable bonds is 24. The number of phenolic OH excluding ortho intramolecular Hbond substituents is 1. The van der Waals surface area contributed by atoms with E-state index in [2.05, 4.69) is 52.8 Å². The van der Waals surface area contributed by atoms with Gasteiger partial charge < -0.3 is 109 Å². The first-order valence-electron chi connectivity index (χ1n) is 43.5. The lowest BCUT2D eigenvalue weighted by atomic mass is 9.98. The Morgan fingerprint density at radius 3 is 1.64 bits per heavy atom. The molecule has 16 amide bonds. The van der Waals surface area contributed by atoms with Crippen LogP contribution in [0.1, 0.15) is 113 Å². The first-order valence-corrected chi connectivity index (χ1v) is 44.7. The van der Waals surface area contributed by atoms with Gasteiger partial charge in [0.15, 0.2) is 17.5 Å². The maximum Gasteiger partial charge on any atom is 0.305 e. The molecule has 0 aliphatic carbocycles. The SMILES string of the molecule is CCCC[C@H]1C(=O)N2CCC[C@@H]2C(=O)N[C@@H](CC(=O)O)C(=O)N[C@@H](C(C)C)C(=O)N(C)[C@@H](Cc2ccccc2)C(=O)N[C@@H](CCC(N)=O)C(=O)N2C[C@H](O)C[C@H]2C(=O)N[C@@H](Cc2c[nH]c3ccccc23)C(=O)N[C@@H](Cc2ccc(O)cc2)C(=O)N[C@@H](CC(=O)O)C(=O)N[C@H](C(=O)NCC(N)=O)CSCC(=O)N[C@@H](Cc2cc(F)c(F)c(F)c2)C(=O)N(C)[C@@H](Cc2ccccc2)C(=O)N1C. The third-order valence-electron chi connectivity index (χ3n) is 23.4. The van der Waals surface area contributed by atoms with E-state index in [-0.39, 0.29) is 56.4 Å². The van der Waals surface area contributed by atoms with Gasteiger partial charge in [-0.25, -0.2) is 13.2 Å². The number of amides is 16. The number of carboxylic acid groups (broad SMARTS) is 2. The highest BCUT2D eigenvalue weighted by Crippen LogP contribution is 2.29. The van der Waals surface area contributed by atoms with Gasteiger partial charge in [-0.15, -0.1) is 11.8 Å². The number of aromatic amines is 1. The minimum absolute atomic E-state index is 0.0787. The number of primary amides is 2. The number of thioether (sulfide) groups is 1. The van der Waals surface area contributed by atoms with Crippen LogP contribution in [-0.2, 0) is 118 Å². The Hall–Kier alpha value is -14.0. The minimum atomic E-state index is -2.20. The van der Waals surface area contributed by atoms with E-state index in [1.165, 1.54) is 58.4 Å². The number of benzene rings is 5. The molecule has 134 heavy (non-hydrogen) atoms. The summed E-state index contributed by atoms with van der Waals surface area (Å²) in [5, 5.41) is 65.2. The number of aromatic hydroxyl groups is 1. The lowest BCUT2D eigenvalue weighted by molar-refractivity contribution is -0.152. The molecule has 4 heterocycles. The van der Waals surface area contributed by atoms with Crippen LogP contribution in [0, 0.1) is 23.4 Å². The second-order valence-corrected chi connectivity index (χ2v) is 34.7. The van der Waals surface area contributed by atoms with Crippen molar-refractivity contribution >= 4 is 129 Å². The van der Waals surface area contributed by atoms with Crippen molar-refractivity contribution in [2.75, 3.05) is 52.3 Å². The summed E-state index contributed by atoms with van der Waals surface area (Å²) < 4.78 is 45.0. The Morgan fingerprint density at radius 1 is 0.522 bits per heavy atom. The van der Waals surface area contributed by atoms with Crippen LogP contribution in [0.15, 0.2) is 128 Å². The molecule has 1 aromatic heterocycles. The Balaban J connectivity index is 1.14. The molecule has 5 aromatic carbocycles. The molecule has 0 spiro atoms. The zero-order chi connectivity index (χ0) is 98.1. The van der Waals surface area contributed by atoms with Gasteiger partial charge in [-0.1, -0.05) is 125 Å². The van der Waals surface area contributed by atoms with E-state index in [0.717, 1.165) is 31.5 Å². The van der Waals surface area contributed by atoms with Crippen molar-refractivity contribution in [3.63, 3.8) is 0 Å². The van der Waals surface area contributed by atoms with E-state index in [1.807, 2.05) is 0 Å². The summed E-state index contributed by atoms with van der Waals surface area (Å²) in [6.45, 7) is 3.15. The molecule has 3 aliphatic rings. The Morgan fingerprint density at radius 2 is 1.04 bits per heavy atom. The van der Waals surface area contributed by atoms with Crippen LogP contribution in [0.3, 0.4) is 0 Å². The molecule has 9 rings (SSSR count). The fourth-order valence-electron chi connectivity index (χ4n) is 16.2. The fraction of sp³-hybridized carbons (Fsp3) is 0.451. The van der Waals surface area contributed by atoms with Gasteiger partial charge in [0.25, 0.3) is 0 Å². The minimum Gasteiger partial charge on any atom is -0.508 e. The quantitative estimate of drug-likeness (QED) is 0.0341. The number of nitrogens with zero attached hydrogens (tertiary/aromatic N) is 5. The van der Waals surface area contributed by atoms with Crippen molar-refractivity contribution in [2.45, 2.75) is 202 Å². The zero-order valence-electron chi connectivity index (χ0n) is 74.5. The molecule has 6 aromatic rings. The van der Waals surface area contributed by atoms with Crippen molar-refractivity contribution in [3.05, 3.63) is 173 Å². The van der Waals surface area contributed by atoms with Gasteiger partial charge in [-0.2, -0.15) is 0 Å². The first-order chi connectivity index (χ1) is 63.6. The Labute approximate surface area is 772 Å². The van der Waals surface area contributed by atoms with Gasteiger partial charge in [0.2, 0.25) is 94.5 Å². The molecule has 0 bridgehead atoms. The van der Waals surface area contributed by atoms with Crippen LogP contribution in [0.5, 0.6) is 5.75 Å². The summed E-state index contributed by atoms with van der Waals surface area (Å²) in [4.78, 5) is 270. The molecular formula is C91H112F3N17O22S. The first kappa shape index (κ1) is 104. The highest BCUT2D eigenvalue weighted by molar-refractivity contribution is 8.00. The highest BCUT2D eigenvalue weighted by Gasteiger charge is 2.48. The number of aliphatic hydroxyl groups excluding tert-OH is 1. The summed E-state index contributed by atoms with van der Waals surface area (Å²) in [6, 6.07) is 5.95. The van der Waals surface area contributed by atoms with Crippen LogP contribution in [0.25, 0.3) is 10.9 Å². The van der Waals surface area contributed by atoms with Crippen LogP contribution in [0.4, 0.5) is 13.2 Å². The smallest absolute Gasteiger partial charge is 0.305 e. The normalized spacial score (nSPS) is 24.0. The number of aliphatic hydroxyl groups is 1. The second kappa shape index (κ2) is 48.4. The number of unbranched alkanes of at least 4 members (excludes halogenated alkanes) is 1. The molecule has 3 aliphatic heterocycles. The van der Waals surface area contributed by atoms with Crippen LogP contribution in [0.2, 0.25) is 0 Å². The molecule has 18 N–H and O–H groups in total. The summed E-state index contributed by atoms with van der Waals surface area (Å²) >= 11 is 0.543. The third-order valence-corrected chi connectivity index (χ3v) is 24.4. The molecule has 43 heteroatoms. The van der Waals surface area contributed by atoms with Gasteiger partial charge in [0, 0.05) is 102 Å². The highest BCUT2D eigenvalue weighted by atomic mass is 32.2. The number of nitrogens with one attached hydrogen (secondary N) is 10. The van der Waals surface area contributed by atoms with Gasteiger partial charge in [0.1, 0.15) is 84.3 Å². The van der Waals surface area contributed by atoms with E-state index < -0.39 is 296 Å². The molecule has 14 atom stereocenters. The maximum atomic E-state index is 15.7. The summed E-state index contributed by atoms with van der Waals surface area (Å²) in [6.07, 6.45) is -5.85. The Bertz CT molecular complexity index is 5290. The molecule has 0 unspecified atom stereocenters. The van der Waals surface area contributed by atoms with E-state index in [4.69, 9.17) is 11.5 Å². The number of carbonyl (C=O) groups excluding carboxylic acids is 16. The zero-order valence-corrected chi connectivity index (χ0v) is 75.3. The lowest BCUT2D eigenvalue weighted by Crippen LogP contribution is -2.62. The number of hydrogen-bond acceptors (Lipinski definition) is 21. The van der Waals surface area contributed by atoms with E-state index in [1.54, 1.807) is 91.9 Å². The van der Waals surface area contributed by atoms with Crippen molar-refractivity contribution in [1.82, 2.24) is 77.3 Å². The number of carbonyl (C=O) groups is 18. The van der Waals surface area contributed by atoms with Crippen molar-refractivity contribution in [1.29, 1.82) is 0 Å². The van der Waals surface area contributed by atoms with Gasteiger partial charge in [-0.05, 0) is 89.8 Å². The molecule has 720 valence electrons. The average molecular weight is 1890 g/mol. The number of phenols is 1. The number of nitrogens with two attached hydrogens (primary N) is 2. The number of aliphatic carboxylic acids is 2. The fourth-order valence-corrected chi connectivity index (χ4v) is 17.0. The van der Waals surface area contributed by atoms with Crippen LogP contribution < -0.4 is 59.3 Å². The summed E-state index contributed by atoms with van der Waals surface area (Å²) in [7, 11) is 3.60. The number of H-pyrrole nitrogens is 1. The summed E-state index contributed by atoms with van der Waals surface area (Å²) in [5.41, 5.74) is 12.6. The molecule has 0 saturated carbocycles. The molecule has 0 radical (unpaired) electrons. The predicted octanol–water partition coefficient (Wildman–Crippen LogP) is -0.474. The van der Waals surface area contributed by atoms with Gasteiger partial charge in [-0.3, -0.25) is 86.3 Å². The topological polar surface area (TPSA) is 580 Å². The van der Waals surface area contributed by atoms with E-state index >= 15 is 51.9 Å². The van der Waals surface area contributed by atoms with Gasteiger partial charge >= 0.3 is 11.9 Å². The number of para-hydroxylation sites is 1. The van der Waals surface area contributed by atoms with E-state index in [0.29, 0.717) is 57.9 Å². The number of carboxylic acids is 2. The third kappa shape index (κ3) is 28.5. The largest absolute Gasteiger partial charge is 0.508 e. The standard InChI is InChI=1S/C91H112F3N17O22S/c1-7-8-24-68-90(132)110-32-17-25-67(110)84(126)104-64(42-76(119)120)83(125)106-78(48(2)3)91(133)108(5)69(37-49-18-11-9-12-19-49)85(127)100-60(30-31-72(95)114)88(130)111-45-55(113)40-70(111)86(128)103-62(39-53-43-97-59-23-16-15-22-56(53)59)81(123)101-61(35-51-26-28-54(112)29-27-51)80(122)102-63(41-75(117)118)82(124)105-66(79(121)98-44-73(96)115)46-134-47-74(116)99-65(36-52-33-57(92)77(94)58(93)34-52)87(129)109(6)71(89(131)107(68)4)38-50-20-13-10-14-21-50/h9-16,18-23,26-29,33-34,43,48,55,60-71,78,97,112-113H,7-8,17,24-25,30-32,35-42,44-47H2,1-6H3,(H2,95,114)(H2,96,115)(H,98,121)(H,99,116)(H,100,127)(H,101,123)(H,102,122)(H,103,128)(H,104,126)(H,105,124)(H,106,125)(H,117,118)(H,119,120)/t55-,60+,61+,62+,63+,64+,65+,66+,67-,68+,69+,70+,71+,78+/m1/s1. The maximum absolute atomic E-state index is 15.7. The molecular weight excluding hydrogens is 1770 g/mol. The van der Waals surface area contributed by atoms with Gasteiger partial charge in [0.05, 0.1) is 31.2 Å². The number of likely N-dealkylation sites (N-methyl/N-ethyl adjacent to an activating group) is 3. The van der Waals surface area contributed by atoms with Crippen LogP contribution >= 0.6 is 11.8 Å². The second-order valence-electron chi connectivity index (χ2n) is 33.6. The van der Waals surface area contributed by atoms with Crippen molar-refractivity contribution in [3.8, 4) is 5.75 Å². The molecule has 39 nitrogen and oxygen atoms in total. The molecule has 3 saturated heterocycles. The van der Waals surface area contributed by atoms with E-state index in [9.17, 15) is 68.0 Å². The molecule has 3 fully saturated rings. The number of hydrogen-bond donors (Lipinski definition) is 16. The van der Waals surface area contributed by atoms with Crippen LogP contribution in [-0.4, -0.2) is 293 Å². The van der Waals surface area contributed by atoms with Crippen molar-refractivity contribution < 1.29 is 120 Å². The summed E-state index contributed by atoms with van der Waals surface area (Å²) in [5.74, 6) is -29.0. The predicted molar refractivity (Wildman–Crippen MR) is 477 cm³/mol.